The molecule has 5 rings (SSSR count). The molecule has 1 aromatic heterocycles. The second-order valence-corrected chi connectivity index (χ2v) is 6.94. The van der Waals surface area contributed by atoms with Gasteiger partial charge >= 0.3 is 0 Å². The number of hydrogen-bond donors (Lipinski definition) is 2. The molecule has 1 saturated heterocycles. The number of aromatic amines is 1. The van der Waals surface area contributed by atoms with Gasteiger partial charge in [0.25, 0.3) is 5.91 Å². The molecule has 7 nitrogen and oxygen atoms in total. The Labute approximate surface area is 163 Å². The van der Waals surface area contributed by atoms with Gasteiger partial charge in [-0.1, -0.05) is 12.1 Å². The van der Waals surface area contributed by atoms with Crippen LogP contribution in [0, 0.1) is 0 Å². The normalized spacial score (nSPS) is 21.7. The molecule has 1 atom stereocenters. The van der Waals surface area contributed by atoms with E-state index >= 15 is 0 Å². The fourth-order valence-electron chi connectivity index (χ4n) is 3.88. The summed E-state index contributed by atoms with van der Waals surface area (Å²) in [6.45, 7) is 3.06. The third-order valence-corrected chi connectivity index (χ3v) is 5.27. The van der Waals surface area contributed by atoms with Gasteiger partial charge in [-0.05, 0) is 24.3 Å². The highest BCUT2D eigenvalue weighted by Gasteiger charge is 2.37. The van der Waals surface area contributed by atoms with Crippen molar-refractivity contribution in [3.8, 4) is 0 Å². The van der Waals surface area contributed by atoms with E-state index in [9.17, 15) is 4.79 Å². The van der Waals surface area contributed by atoms with Gasteiger partial charge in [-0.2, -0.15) is 0 Å². The van der Waals surface area contributed by atoms with Gasteiger partial charge in [-0.15, -0.1) is 0 Å². The second kappa shape index (κ2) is 7.10. The van der Waals surface area contributed by atoms with E-state index in [1.54, 1.807) is 0 Å². The molecule has 4 heterocycles. The van der Waals surface area contributed by atoms with Crippen LogP contribution in [0.2, 0.25) is 0 Å². The number of anilines is 1. The summed E-state index contributed by atoms with van der Waals surface area (Å²) < 4.78 is 5.47. The number of H-pyrrole nitrogens is 1. The highest BCUT2D eigenvalue weighted by molar-refractivity contribution is 6.09. The molecule has 3 aliphatic rings. The number of allylic oxidation sites excluding steroid dienone is 3. The van der Waals surface area contributed by atoms with Crippen molar-refractivity contribution in [3.05, 3.63) is 72.5 Å². The Morgan fingerprint density at radius 1 is 1.21 bits per heavy atom. The molecule has 1 amide bonds. The van der Waals surface area contributed by atoms with Gasteiger partial charge in [0.1, 0.15) is 5.70 Å². The highest BCUT2D eigenvalue weighted by atomic mass is 16.5. The number of carbonyl (C=O) groups excluding carboxylic acids is 1. The van der Waals surface area contributed by atoms with Crippen molar-refractivity contribution < 1.29 is 14.5 Å². The van der Waals surface area contributed by atoms with Gasteiger partial charge in [0, 0.05) is 41.8 Å². The molecule has 1 fully saturated rings. The van der Waals surface area contributed by atoms with Crippen molar-refractivity contribution in [1.29, 1.82) is 0 Å². The Bertz CT molecular complexity index is 1000. The number of nitrogens with one attached hydrogen (secondary N) is 3. The number of morpholine rings is 1. The number of aromatic nitrogens is 1. The fourth-order valence-corrected chi connectivity index (χ4v) is 3.88. The minimum atomic E-state index is -0.143. The van der Waals surface area contributed by atoms with E-state index in [0.29, 0.717) is 18.9 Å². The molecule has 0 aliphatic carbocycles. The van der Waals surface area contributed by atoms with Gasteiger partial charge in [-0.3, -0.25) is 9.69 Å². The maximum absolute atomic E-state index is 13.2. The first-order valence-electron chi connectivity index (χ1n) is 9.47. The van der Waals surface area contributed by atoms with Gasteiger partial charge in [-0.25, -0.2) is 4.98 Å². The molecule has 0 spiro atoms. The maximum atomic E-state index is 13.2. The van der Waals surface area contributed by atoms with Crippen LogP contribution in [0.4, 0.5) is 5.69 Å². The first-order chi connectivity index (χ1) is 13.8. The van der Waals surface area contributed by atoms with Crippen LogP contribution in [0.15, 0.2) is 72.5 Å². The third-order valence-electron chi connectivity index (χ3n) is 5.27. The van der Waals surface area contributed by atoms with Crippen LogP contribution >= 0.6 is 0 Å². The molecular formula is C21H22N5O2+. The molecular weight excluding hydrogens is 354 g/mol. The first-order valence-corrected chi connectivity index (χ1v) is 9.47. The number of pyridine rings is 1. The van der Waals surface area contributed by atoms with Crippen LogP contribution in [-0.2, 0) is 9.53 Å². The van der Waals surface area contributed by atoms with Gasteiger partial charge in [0.2, 0.25) is 0 Å². The van der Waals surface area contributed by atoms with Crippen molar-refractivity contribution in [1.82, 2.24) is 15.1 Å². The van der Waals surface area contributed by atoms with Crippen molar-refractivity contribution in [2.45, 2.75) is 6.29 Å². The SMILES string of the molecule is O=C(Nc1cccc2c[nH+]ccc12)C1=C2C=CC=CN2C(N2CCOCC2)N1. The zero-order valence-electron chi connectivity index (χ0n) is 15.4. The Morgan fingerprint density at radius 2 is 2.11 bits per heavy atom. The number of fused-ring (bicyclic) bond motifs is 2. The molecule has 3 N–H and O–H groups in total. The lowest BCUT2D eigenvalue weighted by molar-refractivity contribution is -0.375. The highest BCUT2D eigenvalue weighted by Crippen LogP contribution is 2.29. The lowest BCUT2D eigenvalue weighted by atomic mass is 10.1. The molecule has 1 unspecified atom stereocenters. The summed E-state index contributed by atoms with van der Waals surface area (Å²) in [5.41, 5.74) is 2.25. The lowest BCUT2D eigenvalue weighted by Gasteiger charge is -2.37. The molecule has 3 aliphatic heterocycles. The van der Waals surface area contributed by atoms with Crippen molar-refractivity contribution in [2.24, 2.45) is 0 Å². The van der Waals surface area contributed by atoms with E-state index in [-0.39, 0.29) is 12.2 Å². The molecule has 0 saturated carbocycles. The molecule has 1 aromatic carbocycles. The maximum Gasteiger partial charge on any atom is 0.274 e. The summed E-state index contributed by atoms with van der Waals surface area (Å²) in [6.07, 6.45) is 11.6. The zero-order chi connectivity index (χ0) is 18.9. The number of hydrogen-bond acceptors (Lipinski definition) is 5. The van der Waals surface area contributed by atoms with Crippen LogP contribution in [0.1, 0.15) is 0 Å². The van der Waals surface area contributed by atoms with Crippen molar-refractivity contribution in [3.63, 3.8) is 0 Å². The molecule has 7 heteroatoms. The van der Waals surface area contributed by atoms with Crippen molar-refractivity contribution >= 4 is 22.4 Å². The minimum Gasteiger partial charge on any atom is -0.379 e. The standard InChI is InChI=1S/C21H21N5O2/c27-20(23-17-5-3-4-15-14-22-8-7-16(15)17)19-18-6-1-2-9-26(18)21(24-19)25-10-12-28-13-11-25/h1-9,14,21,24H,10-13H2,(H,23,27)/p+1. The average molecular weight is 376 g/mol. The van der Waals surface area contributed by atoms with Crippen molar-refractivity contribution in [2.75, 3.05) is 31.6 Å². The van der Waals surface area contributed by atoms with E-state index in [0.717, 1.165) is 35.2 Å². The quantitative estimate of drug-likeness (QED) is 0.848. The van der Waals surface area contributed by atoms with E-state index in [1.165, 1.54) is 0 Å². The number of nitrogens with zero attached hydrogens (tertiary/aromatic N) is 2. The van der Waals surface area contributed by atoms with Crippen LogP contribution in [0.25, 0.3) is 10.8 Å². The van der Waals surface area contributed by atoms with E-state index in [1.807, 2.05) is 61.1 Å². The predicted octanol–water partition coefficient (Wildman–Crippen LogP) is 1.41. The fraction of sp³-hybridized carbons (Fsp3) is 0.238. The van der Waals surface area contributed by atoms with Gasteiger partial charge in [0.15, 0.2) is 18.7 Å². The smallest absolute Gasteiger partial charge is 0.274 e. The minimum absolute atomic E-state index is 0.0806. The van der Waals surface area contributed by atoms with E-state index in [2.05, 4.69) is 25.4 Å². The number of carbonyl (C=O) groups is 1. The summed E-state index contributed by atoms with van der Waals surface area (Å²) in [5.74, 6) is -0.143. The largest absolute Gasteiger partial charge is 0.379 e. The van der Waals surface area contributed by atoms with Crippen LogP contribution in [0.3, 0.4) is 0 Å². The summed E-state index contributed by atoms with van der Waals surface area (Å²) in [7, 11) is 0. The Morgan fingerprint density at radius 3 is 3.00 bits per heavy atom. The second-order valence-electron chi connectivity index (χ2n) is 6.94. The third kappa shape index (κ3) is 2.94. The Hall–Kier alpha value is -3.16. The summed E-state index contributed by atoms with van der Waals surface area (Å²) in [5, 5.41) is 8.55. The number of rotatable bonds is 3. The van der Waals surface area contributed by atoms with Crippen LogP contribution in [0.5, 0.6) is 0 Å². The number of amides is 1. The van der Waals surface area contributed by atoms with Gasteiger partial charge in [0.05, 0.1) is 18.9 Å². The predicted molar refractivity (Wildman–Crippen MR) is 106 cm³/mol. The molecule has 28 heavy (non-hydrogen) atoms. The molecule has 0 radical (unpaired) electrons. The van der Waals surface area contributed by atoms with E-state index < -0.39 is 0 Å². The topological polar surface area (TPSA) is 71.0 Å². The average Bonchev–Trinajstić information content (AvgIpc) is 3.15. The molecule has 142 valence electrons. The Kier molecular flexibility index (Phi) is 4.31. The summed E-state index contributed by atoms with van der Waals surface area (Å²) in [4.78, 5) is 20.7. The van der Waals surface area contributed by atoms with Gasteiger partial charge < -0.3 is 20.3 Å². The monoisotopic (exact) mass is 376 g/mol. The lowest BCUT2D eigenvalue weighted by Crippen LogP contribution is -2.54. The summed E-state index contributed by atoms with van der Waals surface area (Å²) >= 11 is 0. The van der Waals surface area contributed by atoms with E-state index in [4.69, 9.17) is 4.74 Å². The Balaban J connectivity index is 1.43. The van der Waals surface area contributed by atoms with Crippen LogP contribution < -0.4 is 15.6 Å². The number of benzene rings is 1. The first kappa shape index (κ1) is 17.0. The summed E-state index contributed by atoms with van der Waals surface area (Å²) in [6, 6.07) is 7.85. The molecule has 2 aromatic rings. The van der Waals surface area contributed by atoms with Crippen LogP contribution in [-0.4, -0.2) is 48.3 Å². The number of ether oxygens (including phenoxy) is 1. The zero-order valence-corrected chi connectivity index (χ0v) is 15.4. The molecule has 0 bridgehead atoms.